The number of carbonyl (C=O) groups is 1. The van der Waals surface area contributed by atoms with Gasteiger partial charge in [-0.3, -0.25) is 4.79 Å². The van der Waals surface area contributed by atoms with E-state index in [4.69, 9.17) is 5.73 Å². The molecule has 30 heavy (non-hydrogen) atoms. The Morgan fingerprint density at radius 2 is 2.00 bits per heavy atom. The van der Waals surface area contributed by atoms with Crippen LogP contribution in [-0.4, -0.2) is 26.0 Å². The first-order valence-electron chi connectivity index (χ1n) is 9.37. The van der Waals surface area contributed by atoms with Crippen LogP contribution < -0.4 is 11.1 Å². The van der Waals surface area contributed by atoms with Gasteiger partial charge in [0, 0.05) is 40.3 Å². The highest BCUT2D eigenvalue weighted by Gasteiger charge is 2.17. The molecular weight excluding hydrogens is 378 g/mol. The van der Waals surface area contributed by atoms with Crippen LogP contribution in [0, 0.1) is 6.92 Å². The second-order valence-electron chi connectivity index (χ2n) is 6.92. The first-order valence-corrected chi connectivity index (χ1v) is 9.37. The number of nitrogens with two attached hydrogens (primary N) is 1. The molecule has 0 spiro atoms. The lowest BCUT2D eigenvalue weighted by Crippen LogP contribution is -2.09. The summed E-state index contributed by atoms with van der Waals surface area (Å²) in [7, 11) is 0. The minimum Gasteiger partial charge on any atom is -0.374 e. The molecular formula is C23H21N5O2. The standard InChI is InChI=1S/C23H21N5O2/c1-3-21(29)27-19-6-4-5-15(13(19)2)16-7-8-17(23(24)30)22-18(16)9-20(28-22)14-10-25-12-26-11-14/h3-12,23,28,30H,1,24H2,2H3,(H,27,29). The van der Waals surface area contributed by atoms with Gasteiger partial charge < -0.3 is 21.1 Å². The highest BCUT2D eigenvalue weighted by atomic mass is 16.3. The number of anilines is 1. The summed E-state index contributed by atoms with van der Waals surface area (Å²) in [4.78, 5) is 23.3. The third-order valence-electron chi connectivity index (χ3n) is 5.08. The first-order chi connectivity index (χ1) is 14.5. The highest BCUT2D eigenvalue weighted by Crippen LogP contribution is 2.38. The Balaban J connectivity index is 1.93. The van der Waals surface area contributed by atoms with E-state index in [0.717, 1.165) is 38.9 Å². The number of fused-ring (bicyclic) bond motifs is 1. The minimum absolute atomic E-state index is 0.269. The fraction of sp³-hybridized carbons (Fsp3) is 0.0870. The fourth-order valence-electron chi connectivity index (χ4n) is 3.56. The molecule has 0 aliphatic carbocycles. The molecule has 7 heteroatoms. The van der Waals surface area contributed by atoms with E-state index in [-0.39, 0.29) is 5.91 Å². The van der Waals surface area contributed by atoms with E-state index in [1.165, 1.54) is 12.4 Å². The van der Waals surface area contributed by atoms with Gasteiger partial charge in [-0.05, 0) is 41.8 Å². The summed E-state index contributed by atoms with van der Waals surface area (Å²) in [6.45, 7) is 5.45. The smallest absolute Gasteiger partial charge is 0.247 e. The van der Waals surface area contributed by atoms with E-state index < -0.39 is 6.23 Å². The van der Waals surface area contributed by atoms with Crippen LogP contribution in [0.2, 0.25) is 0 Å². The van der Waals surface area contributed by atoms with Gasteiger partial charge in [-0.2, -0.15) is 0 Å². The lowest BCUT2D eigenvalue weighted by atomic mass is 9.94. The molecule has 2 aromatic carbocycles. The molecule has 0 saturated heterocycles. The normalized spacial score (nSPS) is 12.0. The third kappa shape index (κ3) is 3.47. The minimum atomic E-state index is -1.13. The van der Waals surface area contributed by atoms with Gasteiger partial charge in [-0.15, -0.1) is 0 Å². The first kappa shape index (κ1) is 19.5. The molecule has 150 valence electrons. The Morgan fingerprint density at radius 1 is 1.23 bits per heavy atom. The molecule has 2 heterocycles. The van der Waals surface area contributed by atoms with Crippen molar-refractivity contribution in [2.75, 3.05) is 5.32 Å². The average molecular weight is 399 g/mol. The monoisotopic (exact) mass is 399 g/mol. The van der Waals surface area contributed by atoms with Crippen LogP contribution in [0.15, 0.2) is 67.8 Å². The zero-order chi connectivity index (χ0) is 21.3. The van der Waals surface area contributed by atoms with Crippen molar-refractivity contribution in [2.45, 2.75) is 13.2 Å². The fourth-order valence-corrected chi connectivity index (χ4v) is 3.56. The molecule has 0 fully saturated rings. The van der Waals surface area contributed by atoms with Gasteiger partial charge in [0.25, 0.3) is 0 Å². The second kappa shape index (κ2) is 7.90. The quantitative estimate of drug-likeness (QED) is 0.302. The van der Waals surface area contributed by atoms with E-state index in [9.17, 15) is 9.90 Å². The number of aliphatic hydroxyl groups is 1. The van der Waals surface area contributed by atoms with E-state index in [2.05, 4.69) is 26.8 Å². The summed E-state index contributed by atoms with van der Waals surface area (Å²) in [6, 6.07) is 11.4. The van der Waals surface area contributed by atoms with Crippen molar-refractivity contribution >= 4 is 22.5 Å². The number of rotatable bonds is 5. The number of nitrogens with zero attached hydrogens (tertiary/aromatic N) is 2. The third-order valence-corrected chi connectivity index (χ3v) is 5.08. The Morgan fingerprint density at radius 3 is 2.70 bits per heavy atom. The zero-order valence-electron chi connectivity index (χ0n) is 16.4. The average Bonchev–Trinajstić information content (AvgIpc) is 3.20. The van der Waals surface area contributed by atoms with Crippen molar-refractivity contribution in [2.24, 2.45) is 5.73 Å². The molecule has 0 bridgehead atoms. The van der Waals surface area contributed by atoms with Crippen molar-refractivity contribution in [3.05, 3.63) is 78.9 Å². The van der Waals surface area contributed by atoms with Gasteiger partial charge in [-0.1, -0.05) is 30.8 Å². The molecule has 7 nitrogen and oxygen atoms in total. The number of nitrogens with one attached hydrogen (secondary N) is 2. The molecule has 0 saturated carbocycles. The molecule has 1 amide bonds. The van der Waals surface area contributed by atoms with Crippen LogP contribution in [0.3, 0.4) is 0 Å². The van der Waals surface area contributed by atoms with E-state index >= 15 is 0 Å². The number of aliphatic hydroxyl groups excluding tert-OH is 1. The Hall–Kier alpha value is -3.81. The number of hydrogen-bond acceptors (Lipinski definition) is 5. The van der Waals surface area contributed by atoms with Gasteiger partial charge in [0.15, 0.2) is 0 Å². The van der Waals surface area contributed by atoms with Gasteiger partial charge in [0.1, 0.15) is 12.6 Å². The van der Waals surface area contributed by atoms with Crippen LogP contribution in [0.25, 0.3) is 33.3 Å². The van der Waals surface area contributed by atoms with E-state index in [0.29, 0.717) is 11.3 Å². The summed E-state index contributed by atoms with van der Waals surface area (Å²) in [5.74, 6) is -0.269. The number of aromatic amines is 1. The summed E-state index contributed by atoms with van der Waals surface area (Å²) in [5, 5.41) is 13.8. The Bertz CT molecular complexity index is 1250. The largest absolute Gasteiger partial charge is 0.374 e. The number of amides is 1. The maximum atomic E-state index is 11.8. The molecule has 4 rings (SSSR count). The summed E-state index contributed by atoms with van der Waals surface area (Å²) in [6.07, 6.45) is 5.01. The van der Waals surface area contributed by atoms with Crippen molar-refractivity contribution in [1.82, 2.24) is 15.0 Å². The maximum Gasteiger partial charge on any atom is 0.247 e. The number of carbonyl (C=O) groups excluding carboxylic acids is 1. The molecule has 2 aromatic heterocycles. The zero-order valence-corrected chi connectivity index (χ0v) is 16.4. The molecule has 0 radical (unpaired) electrons. The second-order valence-corrected chi connectivity index (χ2v) is 6.92. The Labute approximate surface area is 173 Å². The summed E-state index contributed by atoms with van der Waals surface area (Å²) < 4.78 is 0. The SMILES string of the molecule is C=CC(=O)Nc1cccc(-c2ccc(C(N)O)c3[nH]c(-c4cncnc4)cc23)c1C. The number of H-pyrrole nitrogens is 1. The van der Waals surface area contributed by atoms with Crippen molar-refractivity contribution < 1.29 is 9.90 Å². The highest BCUT2D eigenvalue weighted by molar-refractivity contribution is 6.03. The lowest BCUT2D eigenvalue weighted by Gasteiger charge is -2.14. The molecule has 0 aliphatic rings. The van der Waals surface area contributed by atoms with Gasteiger partial charge in [0.2, 0.25) is 5.91 Å². The van der Waals surface area contributed by atoms with Crippen molar-refractivity contribution in [3.63, 3.8) is 0 Å². The van der Waals surface area contributed by atoms with E-state index in [1.807, 2.05) is 37.3 Å². The molecule has 5 N–H and O–H groups in total. The number of benzene rings is 2. The van der Waals surface area contributed by atoms with Crippen LogP contribution in [-0.2, 0) is 4.79 Å². The van der Waals surface area contributed by atoms with Crippen molar-refractivity contribution in [1.29, 1.82) is 0 Å². The molecule has 1 unspecified atom stereocenters. The maximum absolute atomic E-state index is 11.8. The molecule has 0 aliphatic heterocycles. The van der Waals surface area contributed by atoms with Gasteiger partial charge >= 0.3 is 0 Å². The summed E-state index contributed by atoms with van der Waals surface area (Å²) >= 11 is 0. The van der Waals surface area contributed by atoms with Crippen LogP contribution in [0.4, 0.5) is 5.69 Å². The number of hydrogen-bond donors (Lipinski definition) is 4. The van der Waals surface area contributed by atoms with Crippen LogP contribution in [0.5, 0.6) is 0 Å². The predicted octanol–water partition coefficient (Wildman–Crippen LogP) is 3.67. The van der Waals surface area contributed by atoms with Crippen molar-refractivity contribution in [3.8, 4) is 22.4 Å². The van der Waals surface area contributed by atoms with E-state index in [1.54, 1.807) is 18.5 Å². The van der Waals surface area contributed by atoms with Gasteiger partial charge in [0.05, 0.1) is 5.52 Å². The molecule has 4 aromatic rings. The topological polar surface area (TPSA) is 117 Å². The number of aromatic nitrogens is 3. The van der Waals surface area contributed by atoms with Gasteiger partial charge in [-0.25, -0.2) is 9.97 Å². The summed E-state index contributed by atoms with van der Waals surface area (Å²) in [5.41, 5.74) is 12.3. The predicted molar refractivity (Wildman–Crippen MR) is 117 cm³/mol. The van der Waals surface area contributed by atoms with Crippen LogP contribution >= 0.6 is 0 Å². The Kier molecular flexibility index (Phi) is 5.14. The molecule has 1 atom stereocenters. The lowest BCUT2D eigenvalue weighted by molar-refractivity contribution is -0.111. The van der Waals surface area contributed by atoms with Crippen LogP contribution in [0.1, 0.15) is 17.4 Å².